The van der Waals surface area contributed by atoms with E-state index in [1.807, 2.05) is 30.3 Å². The summed E-state index contributed by atoms with van der Waals surface area (Å²) in [6, 6.07) is 18.8. The Morgan fingerprint density at radius 3 is 2.47 bits per heavy atom. The second-order valence-electron chi connectivity index (χ2n) is 7.78. The van der Waals surface area contributed by atoms with Gasteiger partial charge in [-0.05, 0) is 54.8 Å². The normalized spacial score (nSPS) is 19.0. The molecule has 7 heteroatoms. The molecule has 1 aliphatic heterocycles. The molecule has 0 radical (unpaired) electrons. The van der Waals surface area contributed by atoms with Crippen molar-refractivity contribution in [3.63, 3.8) is 0 Å². The molecule has 6 nitrogen and oxygen atoms in total. The number of halogens is 1. The first-order valence-corrected chi connectivity index (χ1v) is 10.4. The van der Waals surface area contributed by atoms with Gasteiger partial charge in [0.25, 0.3) is 0 Å². The number of aliphatic hydroxyl groups excluding tert-OH is 1. The van der Waals surface area contributed by atoms with Crippen molar-refractivity contribution in [2.75, 3.05) is 12.0 Å². The zero-order valence-corrected chi connectivity index (χ0v) is 17.6. The molecule has 0 saturated carbocycles. The minimum Gasteiger partial charge on any atom is -0.507 e. The van der Waals surface area contributed by atoms with E-state index in [0.29, 0.717) is 35.4 Å². The summed E-state index contributed by atoms with van der Waals surface area (Å²) in [6.07, 6.45) is -0.000453. The molecule has 32 heavy (non-hydrogen) atoms. The van der Waals surface area contributed by atoms with Gasteiger partial charge in [-0.2, -0.15) is 0 Å². The van der Waals surface area contributed by atoms with E-state index in [0.717, 1.165) is 0 Å². The molecule has 3 aromatic carbocycles. The van der Waals surface area contributed by atoms with Gasteiger partial charge < -0.3 is 20.3 Å². The first-order valence-electron chi connectivity index (χ1n) is 10.4. The number of methoxy groups -OCH3 is 1. The molecule has 1 aliphatic rings. The van der Waals surface area contributed by atoms with Crippen LogP contribution in [0.4, 0.5) is 14.9 Å². The van der Waals surface area contributed by atoms with Crippen LogP contribution in [0.2, 0.25) is 0 Å². The Bertz CT molecular complexity index is 1080. The molecule has 1 fully saturated rings. The van der Waals surface area contributed by atoms with E-state index in [2.05, 4.69) is 5.32 Å². The number of nitrogens with zero attached hydrogens (tertiary/aromatic N) is 1. The number of hydrogen-bond donors (Lipinski definition) is 3. The van der Waals surface area contributed by atoms with Gasteiger partial charge in [0.15, 0.2) is 0 Å². The van der Waals surface area contributed by atoms with Crippen LogP contribution in [0, 0.1) is 5.82 Å². The standard InChI is InChI=1S/C25H25FN2O4/c1-32-19-11-12-20(23(30)15-19)24-21(13-14-22(29)16-7-9-17(26)10-8-16)27-25(31)28(24)18-5-3-2-4-6-18/h2-12,15,21-22,24,29-30H,13-14H2,1H3,(H,27,31)/t21?,22-,24+/m0/s1. The highest BCUT2D eigenvalue weighted by atomic mass is 19.1. The molecule has 3 aromatic rings. The van der Waals surface area contributed by atoms with Gasteiger partial charge in [-0.3, -0.25) is 4.90 Å². The molecule has 0 spiro atoms. The fourth-order valence-corrected chi connectivity index (χ4v) is 4.16. The quantitative estimate of drug-likeness (QED) is 0.502. The van der Waals surface area contributed by atoms with Crippen molar-refractivity contribution in [1.29, 1.82) is 0 Å². The summed E-state index contributed by atoms with van der Waals surface area (Å²) >= 11 is 0. The maximum absolute atomic E-state index is 13.2. The number of phenolic OH excluding ortho intramolecular Hbond substituents is 1. The number of aromatic hydroxyl groups is 1. The van der Waals surface area contributed by atoms with Crippen molar-refractivity contribution >= 4 is 11.7 Å². The van der Waals surface area contributed by atoms with Gasteiger partial charge in [0.2, 0.25) is 0 Å². The maximum Gasteiger partial charge on any atom is 0.322 e. The minimum atomic E-state index is -0.802. The first-order chi connectivity index (χ1) is 15.5. The van der Waals surface area contributed by atoms with E-state index in [1.165, 1.54) is 25.3 Å². The minimum absolute atomic E-state index is 0.0239. The topological polar surface area (TPSA) is 82.0 Å². The lowest BCUT2D eigenvalue weighted by Gasteiger charge is -2.28. The van der Waals surface area contributed by atoms with Crippen LogP contribution in [-0.2, 0) is 0 Å². The molecule has 4 rings (SSSR count). The Morgan fingerprint density at radius 1 is 1.09 bits per heavy atom. The number of ether oxygens (including phenoxy) is 1. The average Bonchev–Trinajstić information content (AvgIpc) is 3.14. The van der Waals surface area contributed by atoms with Crippen LogP contribution >= 0.6 is 0 Å². The second kappa shape index (κ2) is 9.28. The fraction of sp³-hybridized carbons (Fsp3) is 0.240. The van der Waals surface area contributed by atoms with E-state index in [1.54, 1.807) is 29.2 Å². The third-order valence-electron chi connectivity index (χ3n) is 5.78. The Balaban J connectivity index is 1.63. The summed E-state index contributed by atoms with van der Waals surface area (Å²) in [7, 11) is 1.52. The zero-order valence-electron chi connectivity index (χ0n) is 17.6. The van der Waals surface area contributed by atoms with E-state index >= 15 is 0 Å². The number of benzene rings is 3. The molecule has 1 unspecified atom stereocenters. The SMILES string of the molecule is COc1ccc([C@@H]2C(CC[C@H](O)c3ccc(F)cc3)NC(=O)N2c2ccccc2)c(O)c1. The van der Waals surface area contributed by atoms with Crippen LogP contribution in [0.3, 0.4) is 0 Å². The number of hydrogen-bond acceptors (Lipinski definition) is 4. The van der Waals surface area contributed by atoms with Crippen molar-refractivity contribution in [1.82, 2.24) is 5.32 Å². The van der Waals surface area contributed by atoms with Crippen molar-refractivity contribution in [2.45, 2.75) is 31.0 Å². The molecule has 1 heterocycles. The molecular weight excluding hydrogens is 411 g/mol. The van der Waals surface area contributed by atoms with E-state index in [9.17, 15) is 19.4 Å². The molecular formula is C25H25FN2O4. The Kier molecular flexibility index (Phi) is 6.28. The first kappa shape index (κ1) is 21.6. The number of amides is 2. The van der Waals surface area contributed by atoms with Gasteiger partial charge in [-0.15, -0.1) is 0 Å². The molecule has 2 amide bonds. The highest BCUT2D eigenvalue weighted by molar-refractivity contribution is 5.96. The van der Waals surface area contributed by atoms with E-state index < -0.39 is 12.1 Å². The van der Waals surface area contributed by atoms with Crippen molar-refractivity contribution in [3.05, 3.63) is 89.7 Å². The van der Waals surface area contributed by atoms with Crippen molar-refractivity contribution in [3.8, 4) is 11.5 Å². The molecule has 3 atom stereocenters. The number of carbonyl (C=O) groups is 1. The van der Waals surface area contributed by atoms with Crippen LogP contribution in [0.1, 0.15) is 36.1 Å². The Morgan fingerprint density at radius 2 is 1.81 bits per heavy atom. The maximum atomic E-state index is 13.2. The summed E-state index contributed by atoms with van der Waals surface area (Å²) in [5.74, 6) is 0.173. The molecule has 0 bridgehead atoms. The molecule has 0 aliphatic carbocycles. The zero-order chi connectivity index (χ0) is 22.7. The Labute approximate surface area is 185 Å². The molecule has 1 saturated heterocycles. The van der Waals surface area contributed by atoms with Gasteiger partial charge in [0.05, 0.1) is 25.3 Å². The average molecular weight is 436 g/mol. The third-order valence-corrected chi connectivity index (χ3v) is 5.78. The van der Waals surface area contributed by atoms with Gasteiger partial charge in [0, 0.05) is 17.3 Å². The monoisotopic (exact) mass is 436 g/mol. The predicted octanol–water partition coefficient (Wildman–Crippen LogP) is 4.69. The van der Waals surface area contributed by atoms with E-state index in [4.69, 9.17) is 4.74 Å². The molecule has 0 aromatic heterocycles. The number of anilines is 1. The number of para-hydroxylation sites is 1. The summed E-state index contributed by atoms with van der Waals surface area (Å²) in [4.78, 5) is 14.6. The summed E-state index contributed by atoms with van der Waals surface area (Å²) in [6.45, 7) is 0. The summed E-state index contributed by atoms with van der Waals surface area (Å²) in [5, 5.41) is 24.3. The van der Waals surface area contributed by atoms with Crippen LogP contribution in [0.15, 0.2) is 72.8 Å². The smallest absolute Gasteiger partial charge is 0.322 e. The summed E-state index contributed by atoms with van der Waals surface area (Å²) in [5.41, 5.74) is 1.89. The van der Waals surface area contributed by atoms with Crippen LogP contribution in [-0.4, -0.2) is 29.4 Å². The van der Waals surface area contributed by atoms with Crippen LogP contribution in [0.25, 0.3) is 0 Å². The van der Waals surface area contributed by atoms with E-state index in [-0.39, 0.29) is 23.6 Å². The number of phenols is 1. The summed E-state index contributed by atoms with van der Waals surface area (Å²) < 4.78 is 18.4. The lowest BCUT2D eigenvalue weighted by atomic mass is 9.92. The lowest BCUT2D eigenvalue weighted by molar-refractivity contribution is 0.159. The van der Waals surface area contributed by atoms with Crippen LogP contribution in [0.5, 0.6) is 11.5 Å². The largest absolute Gasteiger partial charge is 0.507 e. The number of rotatable bonds is 7. The number of urea groups is 1. The van der Waals surface area contributed by atoms with Crippen molar-refractivity contribution < 1.29 is 24.1 Å². The number of nitrogens with one attached hydrogen (secondary N) is 1. The Hall–Kier alpha value is -3.58. The lowest BCUT2D eigenvalue weighted by Crippen LogP contribution is -2.29. The predicted molar refractivity (Wildman–Crippen MR) is 119 cm³/mol. The highest BCUT2D eigenvalue weighted by Crippen LogP contribution is 2.41. The van der Waals surface area contributed by atoms with Crippen LogP contribution < -0.4 is 15.0 Å². The van der Waals surface area contributed by atoms with Gasteiger partial charge >= 0.3 is 6.03 Å². The second-order valence-corrected chi connectivity index (χ2v) is 7.78. The number of carbonyl (C=O) groups excluding carboxylic acids is 1. The van der Waals surface area contributed by atoms with Gasteiger partial charge in [0.1, 0.15) is 17.3 Å². The fourth-order valence-electron chi connectivity index (χ4n) is 4.16. The molecule has 166 valence electrons. The van der Waals surface area contributed by atoms with Crippen molar-refractivity contribution in [2.24, 2.45) is 0 Å². The highest BCUT2D eigenvalue weighted by Gasteiger charge is 2.42. The third kappa shape index (κ3) is 4.38. The number of aliphatic hydroxyl groups is 1. The van der Waals surface area contributed by atoms with Gasteiger partial charge in [-0.1, -0.05) is 30.3 Å². The van der Waals surface area contributed by atoms with Gasteiger partial charge in [-0.25, -0.2) is 9.18 Å². The molecule has 3 N–H and O–H groups in total.